The van der Waals surface area contributed by atoms with E-state index in [1.807, 2.05) is 6.07 Å². The standard InChI is InChI=1S/C27H33N3O4S/c31-26(20-8-3-1-4-9-20)28-23-11-7-10-22(18-23)27(32)30-17-14-21-19-24(12-13-25(21)30)35(33,34)29-15-5-2-6-16-29/h7,10-13,18-20H,1-6,8-9,14-17H2,(H,28,31). The van der Waals surface area contributed by atoms with E-state index in [-0.39, 0.29) is 17.7 Å². The molecule has 0 radical (unpaired) electrons. The fourth-order valence-corrected chi connectivity index (χ4v) is 7.07. The predicted octanol–water partition coefficient (Wildman–Crippen LogP) is 4.58. The average molecular weight is 496 g/mol. The molecule has 0 aromatic heterocycles. The maximum absolute atomic E-state index is 13.4. The summed E-state index contributed by atoms with van der Waals surface area (Å²) < 4.78 is 27.7. The minimum Gasteiger partial charge on any atom is -0.326 e. The number of rotatable bonds is 5. The number of fused-ring (bicyclic) bond motifs is 1. The second-order valence-electron chi connectivity index (χ2n) is 9.87. The van der Waals surface area contributed by atoms with E-state index < -0.39 is 10.0 Å². The van der Waals surface area contributed by atoms with Crippen molar-refractivity contribution in [2.75, 3.05) is 29.9 Å². The van der Waals surface area contributed by atoms with Crippen LogP contribution in [0.3, 0.4) is 0 Å². The number of nitrogens with zero attached hydrogens (tertiary/aromatic N) is 2. The Balaban J connectivity index is 1.31. The smallest absolute Gasteiger partial charge is 0.258 e. The number of hydrogen-bond acceptors (Lipinski definition) is 4. The maximum Gasteiger partial charge on any atom is 0.258 e. The normalized spacial score (nSPS) is 19.4. The van der Waals surface area contributed by atoms with Crippen molar-refractivity contribution in [2.24, 2.45) is 5.92 Å². The number of carbonyl (C=O) groups excluding carboxylic acids is 2. The first-order chi connectivity index (χ1) is 16.9. The van der Waals surface area contributed by atoms with E-state index in [1.165, 1.54) is 6.42 Å². The number of nitrogens with one attached hydrogen (secondary N) is 1. The molecule has 3 aliphatic rings. The number of benzene rings is 2. The lowest BCUT2D eigenvalue weighted by Crippen LogP contribution is -2.35. The Morgan fingerprint density at radius 3 is 2.37 bits per heavy atom. The van der Waals surface area contributed by atoms with E-state index in [9.17, 15) is 18.0 Å². The molecule has 2 amide bonds. The van der Waals surface area contributed by atoms with Crippen LogP contribution >= 0.6 is 0 Å². The second-order valence-corrected chi connectivity index (χ2v) is 11.8. The molecule has 0 unspecified atom stereocenters. The highest BCUT2D eigenvalue weighted by Crippen LogP contribution is 2.33. The molecule has 0 spiro atoms. The predicted molar refractivity (Wildman–Crippen MR) is 136 cm³/mol. The number of sulfonamides is 1. The first-order valence-corrected chi connectivity index (χ1v) is 14.2. The molecule has 35 heavy (non-hydrogen) atoms. The van der Waals surface area contributed by atoms with Crippen molar-refractivity contribution in [3.63, 3.8) is 0 Å². The zero-order chi connectivity index (χ0) is 24.4. The summed E-state index contributed by atoms with van der Waals surface area (Å²) in [6, 6.07) is 12.2. The highest BCUT2D eigenvalue weighted by atomic mass is 32.2. The zero-order valence-corrected chi connectivity index (χ0v) is 20.9. The summed E-state index contributed by atoms with van der Waals surface area (Å²) >= 11 is 0. The van der Waals surface area contributed by atoms with Crippen molar-refractivity contribution >= 4 is 33.2 Å². The number of anilines is 2. The minimum absolute atomic E-state index is 0.0308. The van der Waals surface area contributed by atoms with Gasteiger partial charge in [0.05, 0.1) is 4.90 Å². The second kappa shape index (κ2) is 10.1. The molecule has 2 aliphatic heterocycles. The van der Waals surface area contributed by atoms with Crippen molar-refractivity contribution < 1.29 is 18.0 Å². The summed E-state index contributed by atoms with van der Waals surface area (Å²) in [6.45, 7) is 1.63. The maximum atomic E-state index is 13.4. The molecule has 5 rings (SSSR count). The van der Waals surface area contributed by atoms with Gasteiger partial charge in [-0.3, -0.25) is 9.59 Å². The minimum atomic E-state index is -3.51. The van der Waals surface area contributed by atoms with E-state index in [2.05, 4.69) is 5.32 Å². The van der Waals surface area contributed by atoms with Gasteiger partial charge in [-0.15, -0.1) is 0 Å². The van der Waals surface area contributed by atoms with E-state index in [1.54, 1.807) is 45.6 Å². The Kier molecular flexibility index (Phi) is 6.93. The van der Waals surface area contributed by atoms with Crippen molar-refractivity contribution in [1.29, 1.82) is 0 Å². The molecule has 1 aliphatic carbocycles. The Hall–Kier alpha value is -2.71. The molecule has 0 bridgehead atoms. The van der Waals surface area contributed by atoms with E-state index in [0.29, 0.717) is 42.2 Å². The van der Waals surface area contributed by atoms with Crippen LogP contribution in [0.25, 0.3) is 0 Å². The average Bonchev–Trinajstić information content (AvgIpc) is 3.33. The monoisotopic (exact) mass is 495 g/mol. The van der Waals surface area contributed by atoms with Gasteiger partial charge in [0, 0.05) is 42.5 Å². The lowest BCUT2D eigenvalue weighted by atomic mass is 9.88. The lowest BCUT2D eigenvalue weighted by Gasteiger charge is -2.26. The molecule has 186 valence electrons. The van der Waals surface area contributed by atoms with Gasteiger partial charge in [0.2, 0.25) is 15.9 Å². The summed E-state index contributed by atoms with van der Waals surface area (Å²) in [7, 11) is -3.51. The molecule has 8 heteroatoms. The third-order valence-corrected chi connectivity index (χ3v) is 9.39. The van der Waals surface area contributed by atoms with Gasteiger partial charge in [-0.1, -0.05) is 31.7 Å². The van der Waals surface area contributed by atoms with Gasteiger partial charge in [0.1, 0.15) is 0 Å². The van der Waals surface area contributed by atoms with Crippen molar-refractivity contribution in [2.45, 2.75) is 62.7 Å². The van der Waals surface area contributed by atoms with Crippen LogP contribution in [0.15, 0.2) is 47.4 Å². The fourth-order valence-electron chi connectivity index (χ4n) is 5.50. The Morgan fingerprint density at radius 2 is 1.60 bits per heavy atom. The van der Waals surface area contributed by atoms with Crippen molar-refractivity contribution in [3.05, 3.63) is 53.6 Å². The molecule has 2 aromatic carbocycles. The molecule has 1 saturated carbocycles. The van der Waals surface area contributed by atoms with Gasteiger partial charge in [-0.2, -0.15) is 4.31 Å². The molecule has 7 nitrogen and oxygen atoms in total. The van der Waals surface area contributed by atoms with Gasteiger partial charge < -0.3 is 10.2 Å². The number of hydrogen-bond donors (Lipinski definition) is 1. The van der Waals surface area contributed by atoms with Crippen LogP contribution in [0.2, 0.25) is 0 Å². The first kappa shape index (κ1) is 24.0. The number of carbonyl (C=O) groups is 2. The summed E-state index contributed by atoms with van der Waals surface area (Å²) in [5, 5.41) is 2.99. The van der Waals surface area contributed by atoms with Gasteiger partial charge >= 0.3 is 0 Å². The van der Waals surface area contributed by atoms with Crippen molar-refractivity contribution in [1.82, 2.24) is 4.31 Å². The summed E-state index contributed by atoms with van der Waals surface area (Å²) in [5.41, 5.74) is 2.76. The van der Waals surface area contributed by atoms with Gasteiger partial charge in [-0.05, 0) is 74.1 Å². The van der Waals surface area contributed by atoms with E-state index in [4.69, 9.17) is 0 Å². The summed E-state index contributed by atoms with van der Waals surface area (Å²) in [6.07, 6.45) is 8.68. The third-order valence-electron chi connectivity index (χ3n) is 7.50. The van der Waals surface area contributed by atoms with Crippen LogP contribution in [0.5, 0.6) is 0 Å². The molecule has 2 aromatic rings. The molecule has 1 saturated heterocycles. The van der Waals surface area contributed by atoms with Crippen LogP contribution in [-0.4, -0.2) is 44.2 Å². The fraction of sp³-hybridized carbons (Fsp3) is 0.481. The topological polar surface area (TPSA) is 86.8 Å². The van der Waals surface area contributed by atoms with Crippen molar-refractivity contribution in [3.8, 4) is 0 Å². The molecule has 0 atom stereocenters. The van der Waals surface area contributed by atoms with Gasteiger partial charge in [-0.25, -0.2) is 8.42 Å². The number of piperidine rings is 1. The summed E-state index contributed by atoms with van der Waals surface area (Å²) in [5.74, 6) is -0.0728. The SMILES string of the molecule is O=C(Nc1cccc(C(=O)N2CCc3cc(S(=O)(=O)N4CCCCC4)ccc32)c1)C1CCCCC1. The molecular formula is C27H33N3O4S. The molecule has 1 N–H and O–H groups in total. The largest absolute Gasteiger partial charge is 0.326 e. The summed E-state index contributed by atoms with van der Waals surface area (Å²) in [4.78, 5) is 28.0. The lowest BCUT2D eigenvalue weighted by molar-refractivity contribution is -0.120. The van der Waals surface area contributed by atoms with Crippen LogP contribution < -0.4 is 10.2 Å². The zero-order valence-electron chi connectivity index (χ0n) is 20.0. The third kappa shape index (κ3) is 5.00. The quantitative estimate of drug-likeness (QED) is 0.658. The first-order valence-electron chi connectivity index (χ1n) is 12.8. The molecule has 2 fully saturated rings. The molecule has 2 heterocycles. The Morgan fingerprint density at radius 1 is 0.857 bits per heavy atom. The van der Waals surface area contributed by atoms with E-state index >= 15 is 0 Å². The van der Waals surface area contributed by atoms with Crippen LogP contribution in [0, 0.1) is 5.92 Å². The van der Waals surface area contributed by atoms with E-state index in [0.717, 1.165) is 56.2 Å². The van der Waals surface area contributed by atoms with Crippen LogP contribution in [0.4, 0.5) is 11.4 Å². The van der Waals surface area contributed by atoms with Gasteiger partial charge in [0.25, 0.3) is 5.91 Å². The Bertz CT molecular complexity index is 1210. The van der Waals surface area contributed by atoms with Crippen LogP contribution in [-0.2, 0) is 21.2 Å². The Labute approximate surface area is 207 Å². The number of amides is 2. The highest BCUT2D eigenvalue weighted by molar-refractivity contribution is 7.89. The highest BCUT2D eigenvalue weighted by Gasteiger charge is 2.30. The van der Waals surface area contributed by atoms with Crippen LogP contribution in [0.1, 0.15) is 67.3 Å². The molecular weight excluding hydrogens is 462 g/mol. The van der Waals surface area contributed by atoms with Gasteiger partial charge in [0.15, 0.2) is 0 Å².